The second kappa shape index (κ2) is 5.97. The van der Waals surface area contributed by atoms with Crippen LogP contribution in [-0.2, 0) is 0 Å². The highest BCUT2D eigenvalue weighted by atomic mass is 16.3. The van der Waals surface area contributed by atoms with Crippen LogP contribution in [0, 0.1) is 0 Å². The molecule has 0 amide bonds. The van der Waals surface area contributed by atoms with Gasteiger partial charge in [0.2, 0.25) is 0 Å². The highest BCUT2D eigenvalue weighted by Crippen LogP contribution is 2.38. The van der Waals surface area contributed by atoms with Crippen LogP contribution in [0.15, 0.2) is 6.07 Å². The van der Waals surface area contributed by atoms with E-state index in [1.165, 1.54) is 0 Å². The number of nitrogens with two attached hydrogens (primary N) is 1. The summed E-state index contributed by atoms with van der Waals surface area (Å²) in [6.07, 6.45) is 3.70. The summed E-state index contributed by atoms with van der Waals surface area (Å²) in [5.74, 6) is 8.03. The van der Waals surface area contributed by atoms with Crippen molar-refractivity contribution in [3.05, 3.63) is 11.9 Å². The first-order valence-electron chi connectivity index (χ1n) is 6.50. The molecule has 1 atom stereocenters. The molecule has 0 bridgehead atoms. The van der Waals surface area contributed by atoms with Crippen molar-refractivity contribution in [1.82, 2.24) is 9.97 Å². The monoisotopic (exact) mass is 251 g/mol. The number of anilines is 2. The molecule has 5 N–H and O–H groups in total. The Morgan fingerprint density at radius 3 is 2.78 bits per heavy atom. The Labute approximate surface area is 107 Å². The van der Waals surface area contributed by atoms with Gasteiger partial charge in [0.1, 0.15) is 17.5 Å². The highest BCUT2D eigenvalue weighted by Gasteiger charge is 2.27. The number of hydrogen-bond acceptors (Lipinski definition) is 6. The summed E-state index contributed by atoms with van der Waals surface area (Å²) in [7, 11) is 0. The molecule has 1 aromatic rings. The molecule has 1 aromatic heterocycles. The minimum atomic E-state index is -0.344. The normalized spacial score (nSPS) is 16.4. The molecular formula is C12H21N5O. The van der Waals surface area contributed by atoms with Gasteiger partial charge in [-0.3, -0.25) is 0 Å². The van der Waals surface area contributed by atoms with Crippen molar-refractivity contribution in [3.63, 3.8) is 0 Å². The van der Waals surface area contributed by atoms with Crippen molar-refractivity contribution >= 4 is 11.6 Å². The van der Waals surface area contributed by atoms with Crippen molar-refractivity contribution in [3.8, 4) is 0 Å². The molecule has 1 unspecified atom stereocenters. The maximum absolute atomic E-state index is 9.68. The van der Waals surface area contributed by atoms with Crippen LogP contribution in [0.3, 0.4) is 0 Å². The minimum absolute atomic E-state index is 0.344. The zero-order valence-electron chi connectivity index (χ0n) is 10.7. The number of nitrogens with one attached hydrogen (secondary N) is 2. The number of hydrazine groups is 1. The van der Waals surface area contributed by atoms with E-state index in [0.29, 0.717) is 18.3 Å². The third kappa shape index (κ3) is 3.54. The Bertz CT molecular complexity index is 394. The Kier molecular flexibility index (Phi) is 4.33. The van der Waals surface area contributed by atoms with Gasteiger partial charge >= 0.3 is 0 Å². The molecule has 2 rings (SSSR count). The summed E-state index contributed by atoms with van der Waals surface area (Å²) in [5, 5.41) is 12.8. The number of nitrogen functional groups attached to an aromatic ring is 1. The first kappa shape index (κ1) is 13.0. The second-order valence-electron chi connectivity index (χ2n) is 4.74. The molecular weight excluding hydrogens is 230 g/mol. The van der Waals surface area contributed by atoms with Gasteiger partial charge in [-0.25, -0.2) is 15.8 Å². The van der Waals surface area contributed by atoms with Crippen LogP contribution in [0.1, 0.15) is 44.3 Å². The standard InChI is InChI=1S/C12H21N5O/c1-2-3-9(18)7-14-10-6-11(17-13)16-12(15-10)8-4-5-8/h6,8-9,18H,2-5,7,13H2,1H3,(H2,14,15,16,17). The number of nitrogens with zero attached hydrogens (tertiary/aromatic N) is 2. The number of aromatic nitrogens is 2. The average Bonchev–Trinajstić information content (AvgIpc) is 3.20. The summed E-state index contributed by atoms with van der Waals surface area (Å²) >= 11 is 0. The maximum atomic E-state index is 9.68. The van der Waals surface area contributed by atoms with Gasteiger partial charge in [0.05, 0.1) is 6.10 Å². The van der Waals surface area contributed by atoms with E-state index in [4.69, 9.17) is 5.84 Å². The fraction of sp³-hybridized carbons (Fsp3) is 0.667. The molecule has 1 fully saturated rings. The first-order chi connectivity index (χ1) is 8.72. The van der Waals surface area contributed by atoms with Crippen LogP contribution in [-0.4, -0.2) is 27.7 Å². The fourth-order valence-corrected chi connectivity index (χ4v) is 1.81. The zero-order valence-corrected chi connectivity index (χ0v) is 10.7. The molecule has 1 aliphatic rings. The van der Waals surface area contributed by atoms with Gasteiger partial charge < -0.3 is 15.8 Å². The predicted octanol–water partition coefficient (Wildman–Crippen LogP) is 1.21. The summed E-state index contributed by atoms with van der Waals surface area (Å²) in [5.41, 5.74) is 2.55. The minimum Gasteiger partial charge on any atom is -0.391 e. The lowest BCUT2D eigenvalue weighted by Crippen LogP contribution is -2.20. The molecule has 0 aliphatic heterocycles. The SMILES string of the molecule is CCCC(O)CNc1cc(NN)nc(C2CC2)n1. The molecule has 0 saturated heterocycles. The van der Waals surface area contributed by atoms with Gasteiger partial charge in [-0.15, -0.1) is 0 Å². The Balaban J connectivity index is 2.00. The Hall–Kier alpha value is -1.40. The third-order valence-corrected chi connectivity index (χ3v) is 2.97. The van der Waals surface area contributed by atoms with Crippen molar-refractivity contribution in [1.29, 1.82) is 0 Å². The lowest BCUT2D eigenvalue weighted by molar-refractivity contribution is 0.176. The Morgan fingerprint density at radius 1 is 1.44 bits per heavy atom. The molecule has 0 aromatic carbocycles. The van der Waals surface area contributed by atoms with E-state index in [0.717, 1.165) is 37.3 Å². The number of aliphatic hydroxyl groups is 1. The predicted molar refractivity (Wildman–Crippen MR) is 71.2 cm³/mol. The largest absolute Gasteiger partial charge is 0.391 e. The topological polar surface area (TPSA) is 96.1 Å². The number of rotatable bonds is 7. The molecule has 6 nitrogen and oxygen atoms in total. The fourth-order valence-electron chi connectivity index (χ4n) is 1.81. The Morgan fingerprint density at radius 2 is 2.17 bits per heavy atom. The molecule has 18 heavy (non-hydrogen) atoms. The van der Waals surface area contributed by atoms with E-state index in [-0.39, 0.29) is 6.10 Å². The molecule has 6 heteroatoms. The summed E-state index contributed by atoms with van der Waals surface area (Å²) in [6.45, 7) is 2.55. The lowest BCUT2D eigenvalue weighted by Gasteiger charge is -2.12. The van der Waals surface area contributed by atoms with Gasteiger partial charge in [0.15, 0.2) is 0 Å². The molecule has 0 spiro atoms. The molecule has 1 heterocycles. The van der Waals surface area contributed by atoms with Gasteiger partial charge in [0.25, 0.3) is 0 Å². The molecule has 1 saturated carbocycles. The van der Waals surface area contributed by atoms with Gasteiger partial charge in [-0.2, -0.15) is 0 Å². The van der Waals surface area contributed by atoms with E-state index in [1.807, 2.05) is 0 Å². The smallest absolute Gasteiger partial charge is 0.145 e. The number of hydrogen-bond donors (Lipinski definition) is 4. The van der Waals surface area contributed by atoms with Crippen LogP contribution < -0.4 is 16.6 Å². The van der Waals surface area contributed by atoms with Crippen LogP contribution in [0.25, 0.3) is 0 Å². The lowest BCUT2D eigenvalue weighted by atomic mass is 10.2. The van der Waals surface area contributed by atoms with Crippen LogP contribution >= 0.6 is 0 Å². The van der Waals surface area contributed by atoms with Gasteiger partial charge in [-0.1, -0.05) is 13.3 Å². The first-order valence-corrected chi connectivity index (χ1v) is 6.50. The van der Waals surface area contributed by atoms with Gasteiger partial charge in [0, 0.05) is 18.5 Å². The van der Waals surface area contributed by atoms with Crippen molar-refractivity contribution < 1.29 is 5.11 Å². The van der Waals surface area contributed by atoms with Crippen LogP contribution in [0.2, 0.25) is 0 Å². The van der Waals surface area contributed by atoms with Crippen molar-refractivity contribution in [2.45, 2.75) is 44.6 Å². The summed E-state index contributed by atoms with van der Waals surface area (Å²) < 4.78 is 0. The summed E-state index contributed by atoms with van der Waals surface area (Å²) in [4.78, 5) is 8.77. The highest BCUT2D eigenvalue weighted by molar-refractivity contribution is 5.47. The van der Waals surface area contributed by atoms with E-state index < -0.39 is 0 Å². The van der Waals surface area contributed by atoms with E-state index >= 15 is 0 Å². The van der Waals surface area contributed by atoms with Crippen molar-refractivity contribution in [2.24, 2.45) is 5.84 Å². The second-order valence-corrected chi connectivity index (χ2v) is 4.74. The van der Waals surface area contributed by atoms with Gasteiger partial charge in [-0.05, 0) is 19.3 Å². The summed E-state index contributed by atoms with van der Waals surface area (Å²) in [6, 6.07) is 1.75. The van der Waals surface area contributed by atoms with Crippen LogP contribution in [0.5, 0.6) is 0 Å². The third-order valence-electron chi connectivity index (χ3n) is 2.97. The van der Waals surface area contributed by atoms with Crippen LogP contribution in [0.4, 0.5) is 11.6 Å². The van der Waals surface area contributed by atoms with E-state index in [2.05, 4.69) is 27.6 Å². The average molecular weight is 251 g/mol. The molecule has 0 radical (unpaired) electrons. The maximum Gasteiger partial charge on any atom is 0.145 e. The zero-order chi connectivity index (χ0) is 13.0. The molecule has 1 aliphatic carbocycles. The van der Waals surface area contributed by atoms with E-state index in [1.54, 1.807) is 6.07 Å². The number of aliphatic hydroxyl groups excluding tert-OH is 1. The molecule has 100 valence electrons. The quantitative estimate of drug-likeness (QED) is 0.430. The van der Waals surface area contributed by atoms with Crippen molar-refractivity contribution in [2.75, 3.05) is 17.3 Å². The van der Waals surface area contributed by atoms with E-state index in [9.17, 15) is 5.11 Å².